The number of ether oxygens (including phenoxy) is 1. The number of hydrogen-bond acceptors (Lipinski definition) is 4. The van der Waals surface area contributed by atoms with E-state index in [-0.39, 0.29) is 17.4 Å². The smallest absolute Gasteiger partial charge is 0.161 e. The van der Waals surface area contributed by atoms with Gasteiger partial charge in [-0.05, 0) is 61.7 Å². The van der Waals surface area contributed by atoms with E-state index in [9.17, 15) is 15.3 Å². The van der Waals surface area contributed by atoms with Gasteiger partial charge in [-0.15, -0.1) is 0 Å². The number of carbonyl (C=O) groups excluding carboxylic acids is 1. The van der Waals surface area contributed by atoms with Gasteiger partial charge >= 0.3 is 0 Å². The molecule has 2 N–H and O–H groups in total. The maximum absolute atomic E-state index is 13.5. The van der Waals surface area contributed by atoms with Crippen LogP contribution in [0, 0.1) is 12.3 Å². The molecule has 1 unspecified atom stereocenters. The molecule has 2 aliphatic rings. The zero-order chi connectivity index (χ0) is 25.4. The van der Waals surface area contributed by atoms with Crippen molar-refractivity contribution in [2.24, 2.45) is 0 Å². The third-order valence-corrected chi connectivity index (χ3v) is 7.40. The highest BCUT2D eigenvalue weighted by atomic mass is 79.9. The summed E-state index contributed by atoms with van der Waals surface area (Å²) in [5.41, 5.74) is 5.22. The Morgan fingerprint density at radius 3 is 2.31 bits per heavy atom. The van der Waals surface area contributed by atoms with Gasteiger partial charge in [-0.1, -0.05) is 57.9 Å². The second-order valence-electron chi connectivity index (χ2n) is 9.13. The Hall–Kier alpha value is -3.64. The fraction of sp³-hybridized carbons (Fsp3) is 0.200. The van der Waals surface area contributed by atoms with Gasteiger partial charge in [-0.25, -0.2) is 0 Å². The molecule has 0 spiro atoms. The molecule has 0 saturated heterocycles. The maximum atomic E-state index is 13.5. The molecule has 6 heteroatoms. The van der Waals surface area contributed by atoms with Crippen LogP contribution in [-0.2, 0) is 4.79 Å². The Morgan fingerprint density at radius 2 is 1.67 bits per heavy atom. The molecule has 5 rings (SSSR count). The van der Waals surface area contributed by atoms with Gasteiger partial charge in [-0.3, -0.25) is 15.1 Å². The van der Waals surface area contributed by atoms with Gasteiger partial charge in [0, 0.05) is 44.9 Å². The summed E-state index contributed by atoms with van der Waals surface area (Å²) in [4.78, 5) is 15.4. The number of halogens is 1. The summed E-state index contributed by atoms with van der Waals surface area (Å²) in [6.07, 6.45) is 1.87. The molecule has 5 nitrogen and oxygen atoms in total. The summed E-state index contributed by atoms with van der Waals surface area (Å²) in [5, 5.41) is 21.1. The first kappa shape index (κ1) is 24.1. The summed E-state index contributed by atoms with van der Waals surface area (Å²) in [7, 11) is 1.61. The van der Waals surface area contributed by atoms with Crippen molar-refractivity contribution in [3.63, 3.8) is 0 Å². The first-order valence-corrected chi connectivity index (χ1v) is 12.7. The second-order valence-corrected chi connectivity index (χ2v) is 10.0. The van der Waals surface area contributed by atoms with Crippen molar-refractivity contribution in [3.05, 3.63) is 111 Å². The van der Waals surface area contributed by atoms with Gasteiger partial charge in [0.05, 0.1) is 7.11 Å². The number of ketones is 1. The fourth-order valence-electron chi connectivity index (χ4n) is 5.06. The molecule has 3 aromatic carbocycles. The topological polar surface area (TPSA) is 73.6 Å². The molecule has 0 saturated carbocycles. The zero-order valence-electron chi connectivity index (χ0n) is 20.2. The first-order chi connectivity index (χ1) is 17.4. The number of amidine groups is 1. The molecule has 1 atom stereocenters. The standard InChI is InChI=1S/C30H27BrN2O3/c1-18-6-8-20(9-7-18)29(35)28-26(19-10-16-23(36-2)17-11-19)27-24(4-3-5-25(27)34)33(30(28)32)22-14-12-21(31)13-15-22/h6-17,26,32,35H,3-5H2,1-2H3. The number of Topliss-reactive ketones (excluding diaryl/α,β-unsaturated/α-hetero) is 1. The van der Waals surface area contributed by atoms with E-state index in [1.165, 1.54) is 0 Å². The number of hydrogen-bond donors (Lipinski definition) is 2. The summed E-state index contributed by atoms with van der Waals surface area (Å²) < 4.78 is 6.28. The lowest BCUT2D eigenvalue weighted by molar-refractivity contribution is -0.116. The van der Waals surface area contributed by atoms with E-state index >= 15 is 0 Å². The van der Waals surface area contributed by atoms with E-state index in [0.29, 0.717) is 35.3 Å². The van der Waals surface area contributed by atoms with E-state index in [4.69, 9.17) is 4.74 Å². The molecule has 0 aromatic heterocycles. The zero-order valence-corrected chi connectivity index (χ0v) is 21.8. The van der Waals surface area contributed by atoms with Crippen LogP contribution < -0.4 is 9.64 Å². The number of nitrogens with one attached hydrogen (secondary N) is 1. The van der Waals surface area contributed by atoms with Gasteiger partial charge < -0.3 is 9.84 Å². The number of allylic oxidation sites excluding steroid dienone is 2. The molecule has 36 heavy (non-hydrogen) atoms. The minimum atomic E-state index is -0.556. The number of aryl methyl sites for hydroxylation is 1. The lowest BCUT2D eigenvalue weighted by Gasteiger charge is -2.41. The van der Waals surface area contributed by atoms with E-state index in [2.05, 4.69) is 15.9 Å². The van der Waals surface area contributed by atoms with Crippen LogP contribution in [-0.4, -0.2) is 23.8 Å². The maximum Gasteiger partial charge on any atom is 0.161 e. The van der Waals surface area contributed by atoms with Crippen LogP contribution in [0.15, 0.2) is 94.1 Å². The normalized spacial score (nSPS) is 19.3. The summed E-state index contributed by atoms with van der Waals surface area (Å²) in [6, 6.07) is 22.8. The molecular formula is C30H27BrN2O3. The molecule has 0 amide bonds. The van der Waals surface area contributed by atoms with Crippen molar-refractivity contribution in [1.82, 2.24) is 0 Å². The Balaban J connectivity index is 1.80. The van der Waals surface area contributed by atoms with Crippen LogP contribution in [0.4, 0.5) is 5.69 Å². The SMILES string of the molecule is COc1ccc(C2C(=C(O)c3ccc(C)cc3)C(=N)N(c3ccc(Br)cc3)C3=C2C(=O)CCC3)cc1. The van der Waals surface area contributed by atoms with Crippen LogP contribution in [0.3, 0.4) is 0 Å². The fourth-order valence-corrected chi connectivity index (χ4v) is 5.33. The largest absolute Gasteiger partial charge is 0.507 e. The molecular weight excluding hydrogens is 516 g/mol. The number of aliphatic hydroxyl groups is 1. The van der Waals surface area contributed by atoms with E-state index in [1.807, 2.05) is 84.6 Å². The number of benzene rings is 3. The molecule has 1 aliphatic carbocycles. The minimum absolute atomic E-state index is 0.00727. The summed E-state index contributed by atoms with van der Waals surface area (Å²) >= 11 is 3.49. The first-order valence-electron chi connectivity index (χ1n) is 11.9. The van der Waals surface area contributed by atoms with Crippen molar-refractivity contribution in [1.29, 1.82) is 5.41 Å². The number of carbonyl (C=O) groups is 1. The van der Waals surface area contributed by atoms with Crippen molar-refractivity contribution < 1.29 is 14.6 Å². The number of nitrogens with zero attached hydrogens (tertiary/aromatic N) is 1. The lowest BCUT2D eigenvalue weighted by atomic mass is 9.73. The van der Waals surface area contributed by atoms with Crippen molar-refractivity contribution in [2.45, 2.75) is 32.1 Å². The van der Waals surface area contributed by atoms with Crippen LogP contribution in [0.2, 0.25) is 0 Å². The molecule has 0 radical (unpaired) electrons. The van der Waals surface area contributed by atoms with Crippen LogP contribution in [0.5, 0.6) is 5.75 Å². The average molecular weight is 543 g/mol. The van der Waals surface area contributed by atoms with Gasteiger partial charge in [0.1, 0.15) is 17.3 Å². The van der Waals surface area contributed by atoms with Gasteiger partial charge in [0.2, 0.25) is 0 Å². The summed E-state index contributed by atoms with van der Waals surface area (Å²) in [6.45, 7) is 1.99. The van der Waals surface area contributed by atoms with E-state index in [1.54, 1.807) is 7.11 Å². The number of anilines is 1. The Labute approximate surface area is 219 Å². The van der Waals surface area contributed by atoms with Crippen molar-refractivity contribution >= 4 is 39.0 Å². The van der Waals surface area contributed by atoms with Gasteiger partial charge in [0.15, 0.2) is 5.78 Å². The highest BCUT2D eigenvalue weighted by molar-refractivity contribution is 9.10. The molecule has 182 valence electrons. The quantitative estimate of drug-likeness (QED) is 0.338. The molecule has 1 heterocycles. The molecule has 0 fully saturated rings. The third kappa shape index (κ3) is 4.26. The summed E-state index contributed by atoms with van der Waals surface area (Å²) in [5.74, 6) is 0.385. The average Bonchev–Trinajstić information content (AvgIpc) is 2.89. The Morgan fingerprint density at radius 1 is 1.00 bits per heavy atom. The highest BCUT2D eigenvalue weighted by Gasteiger charge is 2.43. The molecule has 3 aromatic rings. The monoisotopic (exact) mass is 542 g/mol. The number of aliphatic hydroxyl groups excluding tert-OH is 1. The minimum Gasteiger partial charge on any atom is -0.507 e. The molecule has 1 aliphatic heterocycles. The van der Waals surface area contributed by atoms with Gasteiger partial charge in [0.25, 0.3) is 0 Å². The number of methoxy groups -OCH3 is 1. The van der Waals surface area contributed by atoms with Crippen LogP contribution in [0.1, 0.15) is 41.9 Å². The Bertz CT molecular complexity index is 1390. The van der Waals surface area contributed by atoms with Crippen LogP contribution in [0.25, 0.3) is 5.76 Å². The predicted octanol–water partition coefficient (Wildman–Crippen LogP) is 7.32. The lowest BCUT2D eigenvalue weighted by Crippen LogP contribution is -2.42. The van der Waals surface area contributed by atoms with E-state index < -0.39 is 5.92 Å². The van der Waals surface area contributed by atoms with Crippen LogP contribution >= 0.6 is 15.9 Å². The Kier molecular flexibility index (Phi) is 6.54. The predicted molar refractivity (Wildman–Crippen MR) is 147 cm³/mol. The van der Waals surface area contributed by atoms with E-state index in [0.717, 1.165) is 33.4 Å². The highest BCUT2D eigenvalue weighted by Crippen LogP contribution is 2.48. The van der Waals surface area contributed by atoms with Gasteiger partial charge in [-0.2, -0.15) is 0 Å². The van der Waals surface area contributed by atoms with Crippen molar-refractivity contribution in [3.8, 4) is 5.75 Å². The third-order valence-electron chi connectivity index (χ3n) is 6.87. The molecule has 0 bridgehead atoms. The number of rotatable bonds is 4. The second kappa shape index (κ2) is 9.78. The van der Waals surface area contributed by atoms with Crippen molar-refractivity contribution in [2.75, 3.05) is 12.0 Å².